The van der Waals surface area contributed by atoms with E-state index in [9.17, 15) is 19.2 Å². The lowest BCUT2D eigenvalue weighted by Crippen LogP contribution is -2.52. The number of carboxylic acids is 1. The second-order valence-corrected chi connectivity index (χ2v) is 7.76. The number of aliphatic carboxylic acids is 1. The number of benzene rings is 2. The monoisotopic (exact) mass is 482 g/mol. The minimum absolute atomic E-state index is 0.145. The van der Waals surface area contributed by atoms with Gasteiger partial charge in [-0.3, -0.25) is 19.7 Å². The van der Waals surface area contributed by atoms with Crippen LogP contribution in [0.3, 0.4) is 0 Å². The highest BCUT2D eigenvalue weighted by molar-refractivity contribution is 6.06. The van der Waals surface area contributed by atoms with Gasteiger partial charge in [-0.15, -0.1) is 10.2 Å². The van der Waals surface area contributed by atoms with Crippen molar-refractivity contribution in [1.29, 1.82) is 0 Å². The molecule has 0 radical (unpaired) electrons. The van der Waals surface area contributed by atoms with Crippen LogP contribution in [0.1, 0.15) is 28.8 Å². The number of hydrogen-bond acceptors (Lipinski definition) is 9. The van der Waals surface area contributed by atoms with Gasteiger partial charge in [-0.1, -0.05) is 6.07 Å². The Morgan fingerprint density at radius 2 is 1.86 bits per heavy atom. The molecule has 2 aromatic carbocycles. The van der Waals surface area contributed by atoms with Gasteiger partial charge in [0.1, 0.15) is 11.8 Å². The summed E-state index contributed by atoms with van der Waals surface area (Å²) in [5.74, 6) is -1.61. The van der Waals surface area contributed by atoms with E-state index < -0.39 is 24.5 Å². The van der Waals surface area contributed by atoms with Gasteiger partial charge in [0.2, 0.25) is 11.8 Å². The Morgan fingerprint density at radius 1 is 1.14 bits per heavy atom. The third-order valence-corrected chi connectivity index (χ3v) is 5.63. The van der Waals surface area contributed by atoms with Crippen molar-refractivity contribution in [2.24, 2.45) is 10.2 Å². The van der Waals surface area contributed by atoms with E-state index in [1.54, 1.807) is 18.2 Å². The summed E-state index contributed by atoms with van der Waals surface area (Å²) in [7, 11) is 2.82. The first-order valence-electron chi connectivity index (χ1n) is 10.6. The molecule has 4 rings (SSSR count). The van der Waals surface area contributed by atoms with Crippen LogP contribution in [0.25, 0.3) is 0 Å². The largest absolute Gasteiger partial charge is 0.494 e. The third kappa shape index (κ3) is 4.76. The number of azo groups is 1. The van der Waals surface area contributed by atoms with Gasteiger partial charge >= 0.3 is 5.97 Å². The fourth-order valence-electron chi connectivity index (χ4n) is 3.96. The highest BCUT2D eigenvalue weighted by Crippen LogP contribution is 2.43. The van der Waals surface area contributed by atoms with E-state index >= 15 is 0 Å². The number of amides is 3. The number of ether oxygens (including phenoxy) is 3. The standard InChI is InChI=1S/C23H22N4O8/c1-33-17-8-12(35-11-20(29)30)9-18(34-2)21(17)26-25-15-5-3-4-13-14(15)10-27(23(13)32)16-6-7-19(28)24-22(16)31/h3-5,8-9,16H,6-7,10-11H2,1-2H3,(H,29,30)(H,24,28,31)/b26-25+. The Hall–Kier alpha value is -4.48. The smallest absolute Gasteiger partial charge is 0.341 e. The summed E-state index contributed by atoms with van der Waals surface area (Å²) in [5.41, 5.74) is 1.66. The number of rotatable bonds is 8. The average Bonchev–Trinajstić information content (AvgIpc) is 3.17. The number of fused-ring (bicyclic) bond motifs is 1. The van der Waals surface area contributed by atoms with Crippen molar-refractivity contribution in [2.75, 3.05) is 20.8 Å². The van der Waals surface area contributed by atoms with Crippen molar-refractivity contribution in [3.05, 3.63) is 41.5 Å². The molecule has 12 heteroatoms. The van der Waals surface area contributed by atoms with Crippen molar-refractivity contribution >= 4 is 35.1 Å². The zero-order chi connectivity index (χ0) is 25.1. The minimum atomic E-state index is -1.13. The van der Waals surface area contributed by atoms with Gasteiger partial charge in [-0.2, -0.15) is 0 Å². The number of nitrogens with one attached hydrogen (secondary N) is 1. The molecule has 2 aromatic rings. The van der Waals surface area contributed by atoms with Crippen LogP contribution >= 0.6 is 0 Å². The summed E-state index contributed by atoms with van der Waals surface area (Å²) >= 11 is 0. The summed E-state index contributed by atoms with van der Waals surface area (Å²) < 4.78 is 15.9. The first kappa shape index (κ1) is 23.7. The molecule has 182 valence electrons. The molecule has 0 saturated carbocycles. The first-order chi connectivity index (χ1) is 16.8. The van der Waals surface area contributed by atoms with Crippen LogP contribution in [0.2, 0.25) is 0 Å². The van der Waals surface area contributed by atoms with Crippen molar-refractivity contribution in [2.45, 2.75) is 25.4 Å². The number of imide groups is 1. The maximum Gasteiger partial charge on any atom is 0.341 e. The number of piperidine rings is 1. The highest BCUT2D eigenvalue weighted by Gasteiger charge is 2.39. The summed E-state index contributed by atoms with van der Waals surface area (Å²) in [6.07, 6.45) is 0.417. The highest BCUT2D eigenvalue weighted by atomic mass is 16.5. The average molecular weight is 482 g/mol. The van der Waals surface area contributed by atoms with Crippen molar-refractivity contribution < 1.29 is 38.5 Å². The van der Waals surface area contributed by atoms with Crippen LogP contribution < -0.4 is 19.5 Å². The Labute approximate surface area is 199 Å². The number of carbonyl (C=O) groups excluding carboxylic acids is 3. The fraction of sp³-hybridized carbons (Fsp3) is 0.304. The second-order valence-electron chi connectivity index (χ2n) is 7.76. The molecule has 2 aliphatic rings. The van der Waals surface area contributed by atoms with Crippen LogP contribution in [0.5, 0.6) is 17.2 Å². The molecule has 0 aliphatic carbocycles. The van der Waals surface area contributed by atoms with Crippen molar-refractivity contribution in [3.8, 4) is 17.2 Å². The van der Waals surface area contributed by atoms with Gasteiger partial charge in [0.15, 0.2) is 23.8 Å². The van der Waals surface area contributed by atoms with Crippen LogP contribution in [0.4, 0.5) is 11.4 Å². The molecule has 0 aromatic heterocycles. The van der Waals surface area contributed by atoms with Gasteiger partial charge in [0, 0.05) is 36.2 Å². The molecule has 1 unspecified atom stereocenters. The van der Waals surface area contributed by atoms with E-state index in [0.29, 0.717) is 16.8 Å². The number of nitrogens with zero attached hydrogens (tertiary/aromatic N) is 3. The summed E-state index contributed by atoms with van der Waals surface area (Å²) in [6, 6.07) is 7.19. The third-order valence-electron chi connectivity index (χ3n) is 5.63. The van der Waals surface area contributed by atoms with E-state index in [1.165, 1.54) is 31.3 Å². The van der Waals surface area contributed by atoms with E-state index in [-0.39, 0.29) is 54.1 Å². The second kappa shape index (κ2) is 9.79. The van der Waals surface area contributed by atoms with Gasteiger partial charge < -0.3 is 24.2 Å². The minimum Gasteiger partial charge on any atom is -0.494 e. The first-order valence-corrected chi connectivity index (χ1v) is 10.6. The number of carbonyl (C=O) groups is 4. The Balaban J connectivity index is 1.63. The molecule has 2 aliphatic heterocycles. The fourth-order valence-corrected chi connectivity index (χ4v) is 3.96. The molecule has 35 heavy (non-hydrogen) atoms. The van der Waals surface area contributed by atoms with E-state index in [4.69, 9.17) is 19.3 Å². The van der Waals surface area contributed by atoms with Crippen LogP contribution in [-0.2, 0) is 20.9 Å². The molecule has 12 nitrogen and oxygen atoms in total. The number of carboxylic acid groups (broad SMARTS) is 1. The zero-order valence-electron chi connectivity index (χ0n) is 18.9. The molecule has 2 N–H and O–H groups in total. The van der Waals surface area contributed by atoms with E-state index in [0.717, 1.165) is 0 Å². The van der Waals surface area contributed by atoms with Crippen molar-refractivity contribution in [1.82, 2.24) is 10.2 Å². The Kier molecular flexibility index (Phi) is 6.62. The Bertz CT molecular complexity index is 1220. The van der Waals surface area contributed by atoms with Gasteiger partial charge in [-0.05, 0) is 18.6 Å². The predicted octanol–water partition coefficient (Wildman–Crippen LogP) is 2.34. The van der Waals surface area contributed by atoms with Gasteiger partial charge in [0.25, 0.3) is 5.91 Å². The molecule has 1 fully saturated rings. The lowest BCUT2D eigenvalue weighted by Gasteiger charge is -2.29. The molecule has 0 spiro atoms. The van der Waals surface area contributed by atoms with Crippen LogP contribution in [0.15, 0.2) is 40.6 Å². The van der Waals surface area contributed by atoms with Crippen LogP contribution in [-0.4, -0.2) is 60.6 Å². The molecular weight excluding hydrogens is 460 g/mol. The summed E-state index contributed by atoms with van der Waals surface area (Å²) in [4.78, 5) is 49.0. The molecular formula is C23H22N4O8. The topological polar surface area (TPSA) is 156 Å². The molecule has 2 heterocycles. The predicted molar refractivity (Wildman–Crippen MR) is 119 cm³/mol. The number of hydrogen-bond donors (Lipinski definition) is 2. The summed E-state index contributed by atoms with van der Waals surface area (Å²) in [5, 5.41) is 19.7. The van der Waals surface area contributed by atoms with Crippen LogP contribution in [0, 0.1) is 0 Å². The SMILES string of the molecule is COc1cc(OCC(=O)O)cc(OC)c1/N=N/c1cccc2c1CN(C1CCC(=O)NC1=O)C2=O. The zero-order valence-corrected chi connectivity index (χ0v) is 18.9. The maximum atomic E-state index is 13.0. The summed E-state index contributed by atoms with van der Waals surface area (Å²) in [6.45, 7) is -0.396. The molecule has 0 bridgehead atoms. The normalized spacial score (nSPS) is 17.4. The molecule has 3 amide bonds. The van der Waals surface area contributed by atoms with E-state index in [1.807, 2.05) is 0 Å². The van der Waals surface area contributed by atoms with Crippen molar-refractivity contribution in [3.63, 3.8) is 0 Å². The Morgan fingerprint density at radius 3 is 2.49 bits per heavy atom. The van der Waals surface area contributed by atoms with Gasteiger partial charge in [0.05, 0.1) is 19.9 Å². The molecule has 1 atom stereocenters. The van der Waals surface area contributed by atoms with E-state index in [2.05, 4.69) is 15.5 Å². The quantitative estimate of drug-likeness (QED) is 0.429. The molecule has 1 saturated heterocycles. The number of methoxy groups -OCH3 is 2. The maximum absolute atomic E-state index is 13.0. The lowest BCUT2D eigenvalue weighted by atomic mass is 10.0. The van der Waals surface area contributed by atoms with Gasteiger partial charge in [-0.25, -0.2) is 4.79 Å². The lowest BCUT2D eigenvalue weighted by molar-refractivity contribution is -0.139.